The van der Waals surface area contributed by atoms with Crippen LogP contribution in [0, 0.1) is 5.82 Å². The summed E-state index contributed by atoms with van der Waals surface area (Å²) in [7, 11) is 0. The summed E-state index contributed by atoms with van der Waals surface area (Å²) in [5.41, 5.74) is 1.43. The SMILES string of the molecule is O=c1n(O)ccn1Cc1ccc(-c2ccccc2)c(F)c1. The van der Waals surface area contributed by atoms with Crippen molar-refractivity contribution in [3.05, 3.63) is 82.8 Å². The van der Waals surface area contributed by atoms with E-state index in [1.807, 2.05) is 30.3 Å². The molecular formula is C16H13FN2O2. The van der Waals surface area contributed by atoms with Crippen molar-refractivity contribution in [3.63, 3.8) is 0 Å². The number of hydrogen-bond donors (Lipinski definition) is 1. The van der Waals surface area contributed by atoms with Crippen LogP contribution >= 0.6 is 0 Å². The molecule has 0 unspecified atom stereocenters. The molecule has 21 heavy (non-hydrogen) atoms. The third-order valence-electron chi connectivity index (χ3n) is 3.30. The maximum absolute atomic E-state index is 14.2. The summed E-state index contributed by atoms with van der Waals surface area (Å²) in [4.78, 5) is 11.5. The van der Waals surface area contributed by atoms with Crippen molar-refractivity contribution in [2.45, 2.75) is 6.54 Å². The van der Waals surface area contributed by atoms with E-state index in [1.54, 1.807) is 12.1 Å². The van der Waals surface area contributed by atoms with Gasteiger partial charge in [0, 0.05) is 11.8 Å². The van der Waals surface area contributed by atoms with Crippen LogP contribution in [0.5, 0.6) is 0 Å². The molecule has 0 atom stereocenters. The van der Waals surface area contributed by atoms with E-state index in [0.717, 1.165) is 5.56 Å². The molecule has 1 aromatic heterocycles. The highest BCUT2D eigenvalue weighted by atomic mass is 19.1. The third-order valence-corrected chi connectivity index (χ3v) is 3.30. The lowest BCUT2D eigenvalue weighted by atomic mass is 10.0. The highest BCUT2D eigenvalue weighted by Gasteiger charge is 2.08. The second kappa shape index (κ2) is 5.28. The first kappa shape index (κ1) is 13.2. The first-order valence-electron chi connectivity index (χ1n) is 6.46. The minimum Gasteiger partial charge on any atom is -0.424 e. The van der Waals surface area contributed by atoms with Crippen molar-refractivity contribution in [2.75, 3.05) is 0 Å². The molecule has 3 aromatic rings. The summed E-state index contributed by atoms with van der Waals surface area (Å²) >= 11 is 0. The van der Waals surface area contributed by atoms with E-state index in [9.17, 15) is 14.4 Å². The molecule has 2 aromatic carbocycles. The average Bonchev–Trinajstić information content (AvgIpc) is 2.80. The van der Waals surface area contributed by atoms with Crippen LogP contribution in [0.1, 0.15) is 5.56 Å². The van der Waals surface area contributed by atoms with Gasteiger partial charge in [0.1, 0.15) is 5.82 Å². The van der Waals surface area contributed by atoms with Gasteiger partial charge in [0.2, 0.25) is 0 Å². The van der Waals surface area contributed by atoms with Gasteiger partial charge in [-0.15, -0.1) is 4.73 Å². The van der Waals surface area contributed by atoms with Gasteiger partial charge in [-0.05, 0) is 17.2 Å². The van der Waals surface area contributed by atoms with Crippen LogP contribution in [0.25, 0.3) is 11.1 Å². The number of aromatic nitrogens is 2. The second-order valence-corrected chi connectivity index (χ2v) is 4.73. The molecule has 1 N–H and O–H groups in total. The maximum atomic E-state index is 14.2. The largest absolute Gasteiger partial charge is 0.424 e. The van der Waals surface area contributed by atoms with Gasteiger partial charge in [0.25, 0.3) is 0 Å². The van der Waals surface area contributed by atoms with Crippen LogP contribution < -0.4 is 5.69 Å². The molecule has 106 valence electrons. The molecule has 0 aliphatic heterocycles. The molecule has 1 heterocycles. The Balaban J connectivity index is 1.91. The number of hydrogen-bond acceptors (Lipinski definition) is 2. The van der Waals surface area contributed by atoms with Crippen LogP contribution in [0.2, 0.25) is 0 Å². The molecule has 0 spiro atoms. The molecule has 0 bridgehead atoms. The van der Waals surface area contributed by atoms with Crippen LogP contribution in [0.3, 0.4) is 0 Å². The zero-order chi connectivity index (χ0) is 14.8. The molecule has 0 saturated heterocycles. The molecule has 0 aliphatic rings. The number of nitrogens with zero attached hydrogens (tertiary/aromatic N) is 2. The van der Waals surface area contributed by atoms with Crippen LogP contribution in [-0.4, -0.2) is 14.5 Å². The number of benzene rings is 2. The number of halogens is 1. The third kappa shape index (κ3) is 2.58. The fraction of sp³-hybridized carbons (Fsp3) is 0.0625. The lowest BCUT2D eigenvalue weighted by molar-refractivity contribution is 0.173. The Labute approximate surface area is 120 Å². The van der Waals surface area contributed by atoms with E-state index in [0.29, 0.717) is 15.9 Å². The summed E-state index contributed by atoms with van der Waals surface area (Å²) < 4.78 is 16.0. The maximum Gasteiger partial charge on any atom is 0.361 e. The minimum atomic E-state index is -0.553. The van der Waals surface area contributed by atoms with E-state index in [1.165, 1.54) is 23.0 Å². The van der Waals surface area contributed by atoms with E-state index >= 15 is 0 Å². The van der Waals surface area contributed by atoms with Crippen molar-refractivity contribution in [3.8, 4) is 11.1 Å². The Morgan fingerprint density at radius 3 is 2.43 bits per heavy atom. The Hall–Kier alpha value is -2.82. The zero-order valence-electron chi connectivity index (χ0n) is 11.1. The molecule has 4 nitrogen and oxygen atoms in total. The normalized spacial score (nSPS) is 10.7. The fourth-order valence-corrected chi connectivity index (χ4v) is 2.23. The highest BCUT2D eigenvalue weighted by molar-refractivity contribution is 5.64. The number of imidazole rings is 1. The van der Waals surface area contributed by atoms with Crippen molar-refractivity contribution in [2.24, 2.45) is 0 Å². The molecule has 3 rings (SSSR count). The molecule has 0 aliphatic carbocycles. The predicted octanol–water partition coefficient (Wildman–Crippen LogP) is 2.74. The van der Waals surface area contributed by atoms with Gasteiger partial charge in [0.15, 0.2) is 0 Å². The van der Waals surface area contributed by atoms with Gasteiger partial charge in [0.05, 0.1) is 12.7 Å². The summed E-state index contributed by atoms with van der Waals surface area (Å²) in [5, 5.41) is 9.17. The van der Waals surface area contributed by atoms with E-state index in [2.05, 4.69) is 0 Å². The molecule has 5 heteroatoms. The van der Waals surface area contributed by atoms with Crippen molar-refractivity contribution in [1.29, 1.82) is 0 Å². The Kier molecular flexibility index (Phi) is 3.31. The second-order valence-electron chi connectivity index (χ2n) is 4.73. The van der Waals surface area contributed by atoms with Gasteiger partial charge in [-0.3, -0.25) is 4.57 Å². The Bertz CT molecular complexity index is 822. The van der Waals surface area contributed by atoms with E-state index < -0.39 is 5.69 Å². The molecule has 0 fully saturated rings. The van der Waals surface area contributed by atoms with Gasteiger partial charge in [-0.1, -0.05) is 42.5 Å². The first-order valence-corrected chi connectivity index (χ1v) is 6.46. The molecule has 0 saturated carbocycles. The highest BCUT2D eigenvalue weighted by Crippen LogP contribution is 2.23. The van der Waals surface area contributed by atoms with Crippen molar-refractivity contribution in [1.82, 2.24) is 9.30 Å². The topological polar surface area (TPSA) is 47.2 Å². The van der Waals surface area contributed by atoms with Gasteiger partial charge in [-0.25, -0.2) is 9.18 Å². The Morgan fingerprint density at radius 1 is 1.05 bits per heavy atom. The average molecular weight is 284 g/mol. The Morgan fingerprint density at radius 2 is 1.81 bits per heavy atom. The molecule has 0 radical (unpaired) electrons. The van der Waals surface area contributed by atoms with Crippen molar-refractivity contribution >= 4 is 0 Å². The lowest BCUT2D eigenvalue weighted by Gasteiger charge is -2.07. The van der Waals surface area contributed by atoms with Crippen LogP contribution in [-0.2, 0) is 6.54 Å². The van der Waals surface area contributed by atoms with Crippen LogP contribution in [0.4, 0.5) is 4.39 Å². The zero-order valence-corrected chi connectivity index (χ0v) is 11.1. The quantitative estimate of drug-likeness (QED) is 0.752. The first-order chi connectivity index (χ1) is 10.1. The number of rotatable bonds is 3. The van der Waals surface area contributed by atoms with Crippen molar-refractivity contribution < 1.29 is 9.60 Å². The predicted molar refractivity (Wildman–Crippen MR) is 76.8 cm³/mol. The summed E-state index contributed by atoms with van der Waals surface area (Å²) in [6.45, 7) is 0.207. The fourth-order valence-electron chi connectivity index (χ4n) is 2.23. The summed E-state index contributed by atoms with van der Waals surface area (Å²) in [5.74, 6) is -0.338. The van der Waals surface area contributed by atoms with E-state index in [-0.39, 0.29) is 12.4 Å². The van der Waals surface area contributed by atoms with Crippen LogP contribution in [0.15, 0.2) is 65.7 Å². The lowest BCUT2D eigenvalue weighted by Crippen LogP contribution is -2.22. The van der Waals surface area contributed by atoms with Gasteiger partial charge < -0.3 is 5.21 Å². The summed E-state index contributed by atoms with van der Waals surface area (Å²) in [6.07, 6.45) is 2.70. The monoisotopic (exact) mass is 284 g/mol. The minimum absolute atomic E-state index is 0.207. The van der Waals surface area contributed by atoms with Gasteiger partial charge >= 0.3 is 5.69 Å². The smallest absolute Gasteiger partial charge is 0.361 e. The van der Waals surface area contributed by atoms with Gasteiger partial charge in [-0.2, -0.15) is 0 Å². The molecule has 0 amide bonds. The molecular weight excluding hydrogens is 271 g/mol. The summed E-state index contributed by atoms with van der Waals surface area (Å²) in [6, 6.07) is 14.1. The standard InChI is InChI=1S/C16H13FN2O2/c17-15-10-12(11-18-8-9-19(21)16(18)20)6-7-14(15)13-4-2-1-3-5-13/h1-10,21H,11H2. The van der Waals surface area contributed by atoms with E-state index in [4.69, 9.17) is 0 Å².